The lowest BCUT2D eigenvalue weighted by Crippen LogP contribution is -2.60. The van der Waals surface area contributed by atoms with E-state index < -0.39 is 0 Å². The van der Waals surface area contributed by atoms with Gasteiger partial charge in [-0.1, -0.05) is 37.5 Å². The minimum atomic E-state index is -0.275. The number of rotatable bonds is 2. The summed E-state index contributed by atoms with van der Waals surface area (Å²) in [5.41, 5.74) is 0.626. The van der Waals surface area contributed by atoms with Gasteiger partial charge in [0.25, 0.3) is 5.91 Å². The Morgan fingerprint density at radius 2 is 1.84 bits per heavy atom. The molecule has 1 saturated heterocycles. The minimum Gasteiger partial charge on any atom is -0.388 e. The Bertz CT molecular complexity index is 845. The van der Waals surface area contributed by atoms with Crippen LogP contribution in [0.2, 0.25) is 5.02 Å². The Morgan fingerprint density at radius 3 is 2.42 bits per heavy atom. The molecule has 170 valence electrons. The molecular weight excluding hydrogens is 412 g/mol. The molecule has 2 aliphatic heterocycles. The summed E-state index contributed by atoms with van der Waals surface area (Å²) >= 11 is 6.36. The van der Waals surface area contributed by atoms with E-state index in [0.29, 0.717) is 41.6 Å². The molecule has 2 atom stereocenters. The number of oxime groups is 1. The predicted octanol–water partition coefficient (Wildman–Crippen LogP) is 4.91. The van der Waals surface area contributed by atoms with E-state index in [1.54, 1.807) is 6.20 Å². The first kappa shape index (κ1) is 22.4. The van der Waals surface area contributed by atoms with Crippen LogP contribution < -0.4 is 4.90 Å². The third kappa shape index (κ3) is 4.41. The molecule has 31 heavy (non-hydrogen) atoms. The number of halogens is 1. The molecule has 0 N–H and O–H groups in total. The van der Waals surface area contributed by atoms with Crippen LogP contribution in [0.4, 0.5) is 5.82 Å². The average molecular weight is 447 g/mol. The Labute approximate surface area is 191 Å². The van der Waals surface area contributed by atoms with Crippen molar-refractivity contribution in [3.05, 3.63) is 23.4 Å². The maximum absolute atomic E-state index is 13.4. The molecule has 3 aliphatic rings. The topological polar surface area (TPSA) is 58.0 Å². The van der Waals surface area contributed by atoms with Gasteiger partial charge in [-0.2, -0.15) is 0 Å². The van der Waals surface area contributed by atoms with Gasteiger partial charge in [0.15, 0.2) is 0 Å². The maximum Gasteiger partial charge on any atom is 0.272 e. The molecule has 0 unspecified atom stereocenters. The van der Waals surface area contributed by atoms with E-state index in [2.05, 4.69) is 49.7 Å². The van der Waals surface area contributed by atoms with Crippen LogP contribution in [-0.2, 0) is 9.63 Å². The highest BCUT2D eigenvalue weighted by atomic mass is 35.5. The number of hydrogen-bond donors (Lipinski definition) is 0. The lowest BCUT2D eigenvalue weighted by molar-refractivity contribution is -0.128. The first-order chi connectivity index (χ1) is 14.6. The third-order valence-electron chi connectivity index (χ3n) is 7.40. The molecular formula is C24H35ClN4O2. The van der Waals surface area contributed by atoms with E-state index in [4.69, 9.17) is 16.4 Å². The van der Waals surface area contributed by atoms with Gasteiger partial charge in [0.05, 0.1) is 5.02 Å². The largest absolute Gasteiger partial charge is 0.388 e. The Morgan fingerprint density at radius 1 is 1.19 bits per heavy atom. The van der Waals surface area contributed by atoms with E-state index in [0.717, 1.165) is 31.5 Å². The Balaban J connectivity index is 1.40. The van der Waals surface area contributed by atoms with Crippen molar-refractivity contribution >= 4 is 29.0 Å². The summed E-state index contributed by atoms with van der Waals surface area (Å²) in [6.07, 6.45) is 6.62. The zero-order valence-corrected chi connectivity index (χ0v) is 20.2. The standard InChI is InChI=1S/C24H35ClN4O2/c1-16-14-28(21-19(25)7-6-12-26-21)15-17(2)29(16)22(30)20-13-24(31-27-20)10-8-18(9-11-24)23(3,4)5/h6-7,12,16-18H,8-11,13-15H2,1-5H3/t16-,17-,18?,24?/m0/s1. The van der Waals surface area contributed by atoms with Crippen molar-refractivity contribution < 1.29 is 9.63 Å². The van der Waals surface area contributed by atoms with Crippen LogP contribution in [0, 0.1) is 11.3 Å². The van der Waals surface area contributed by atoms with E-state index in [-0.39, 0.29) is 23.6 Å². The monoisotopic (exact) mass is 446 g/mol. The van der Waals surface area contributed by atoms with Crippen LogP contribution in [0.25, 0.3) is 0 Å². The minimum absolute atomic E-state index is 0.0154. The number of aromatic nitrogens is 1. The van der Waals surface area contributed by atoms with E-state index >= 15 is 0 Å². The summed E-state index contributed by atoms with van der Waals surface area (Å²) in [5.74, 6) is 1.50. The number of nitrogens with zero attached hydrogens (tertiary/aromatic N) is 4. The number of carbonyl (C=O) groups is 1. The molecule has 0 radical (unpaired) electrons. The van der Waals surface area contributed by atoms with Gasteiger partial charge in [-0.05, 0) is 63.0 Å². The van der Waals surface area contributed by atoms with Crippen molar-refractivity contribution in [3.63, 3.8) is 0 Å². The van der Waals surface area contributed by atoms with Crippen LogP contribution in [0.15, 0.2) is 23.5 Å². The number of carbonyl (C=O) groups excluding carboxylic acids is 1. The molecule has 1 aromatic rings. The van der Waals surface area contributed by atoms with Crippen LogP contribution in [0.1, 0.15) is 66.7 Å². The maximum atomic E-state index is 13.4. The fourth-order valence-corrected chi connectivity index (χ4v) is 5.81. The lowest BCUT2D eigenvalue weighted by atomic mass is 9.67. The van der Waals surface area contributed by atoms with Crippen molar-refractivity contribution in [2.45, 2.75) is 84.4 Å². The molecule has 2 fully saturated rings. The van der Waals surface area contributed by atoms with Gasteiger partial charge in [0.2, 0.25) is 0 Å². The summed E-state index contributed by atoms with van der Waals surface area (Å²) in [7, 11) is 0. The van der Waals surface area contributed by atoms with E-state index in [1.165, 1.54) is 0 Å². The zero-order valence-electron chi connectivity index (χ0n) is 19.4. The van der Waals surface area contributed by atoms with E-state index in [1.807, 2.05) is 17.0 Å². The van der Waals surface area contributed by atoms with Gasteiger partial charge in [0.1, 0.15) is 17.1 Å². The van der Waals surface area contributed by atoms with Crippen molar-refractivity contribution in [3.8, 4) is 0 Å². The zero-order chi connectivity index (χ0) is 22.4. The fourth-order valence-electron chi connectivity index (χ4n) is 5.57. The van der Waals surface area contributed by atoms with Crippen LogP contribution in [0.5, 0.6) is 0 Å². The summed E-state index contributed by atoms with van der Waals surface area (Å²) in [6.45, 7) is 12.5. The molecule has 1 aromatic heterocycles. The molecule has 3 heterocycles. The van der Waals surface area contributed by atoms with Gasteiger partial charge >= 0.3 is 0 Å². The van der Waals surface area contributed by atoms with E-state index in [9.17, 15) is 4.79 Å². The first-order valence-corrected chi connectivity index (χ1v) is 11.9. The molecule has 0 bridgehead atoms. The van der Waals surface area contributed by atoms with Crippen LogP contribution >= 0.6 is 11.6 Å². The second-order valence-electron chi connectivity index (χ2n) is 10.8. The smallest absolute Gasteiger partial charge is 0.272 e. The van der Waals surface area contributed by atoms with Gasteiger partial charge < -0.3 is 14.6 Å². The number of anilines is 1. The van der Waals surface area contributed by atoms with Crippen molar-refractivity contribution in [1.29, 1.82) is 0 Å². The van der Waals surface area contributed by atoms with Crippen molar-refractivity contribution in [2.75, 3.05) is 18.0 Å². The molecule has 4 rings (SSSR count). The molecule has 1 aliphatic carbocycles. The highest BCUT2D eigenvalue weighted by molar-refractivity contribution is 6.39. The third-order valence-corrected chi connectivity index (χ3v) is 7.69. The molecule has 6 nitrogen and oxygen atoms in total. The average Bonchev–Trinajstić information content (AvgIpc) is 3.11. The predicted molar refractivity (Wildman–Crippen MR) is 125 cm³/mol. The molecule has 0 aromatic carbocycles. The second-order valence-corrected chi connectivity index (χ2v) is 11.2. The number of amides is 1. The summed E-state index contributed by atoms with van der Waals surface area (Å²) in [4.78, 5) is 28.0. The lowest BCUT2D eigenvalue weighted by Gasteiger charge is -2.45. The highest BCUT2D eigenvalue weighted by Crippen LogP contribution is 2.46. The number of hydrogen-bond acceptors (Lipinski definition) is 5. The normalized spacial score (nSPS) is 31.5. The van der Waals surface area contributed by atoms with Gasteiger partial charge in [0, 0.05) is 37.8 Å². The number of piperazine rings is 1. The number of pyridine rings is 1. The molecule has 1 saturated carbocycles. The van der Waals surface area contributed by atoms with Crippen molar-refractivity contribution in [1.82, 2.24) is 9.88 Å². The van der Waals surface area contributed by atoms with Gasteiger partial charge in [-0.25, -0.2) is 4.98 Å². The summed E-state index contributed by atoms with van der Waals surface area (Å²) < 4.78 is 0. The molecule has 1 amide bonds. The second kappa shape index (κ2) is 8.27. The molecule has 7 heteroatoms. The first-order valence-electron chi connectivity index (χ1n) is 11.5. The van der Waals surface area contributed by atoms with Crippen LogP contribution in [-0.4, -0.2) is 52.3 Å². The quantitative estimate of drug-likeness (QED) is 0.647. The molecule has 1 spiro atoms. The Hall–Kier alpha value is -1.82. The van der Waals surface area contributed by atoms with Crippen molar-refractivity contribution in [2.24, 2.45) is 16.5 Å². The van der Waals surface area contributed by atoms with Gasteiger partial charge in [-0.3, -0.25) is 4.79 Å². The summed E-state index contributed by atoms with van der Waals surface area (Å²) in [5, 5.41) is 4.96. The summed E-state index contributed by atoms with van der Waals surface area (Å²) in [6, 6.07) is 3.76. The fraction of sp³-hybridized carbons (Fsp3) is 0.708. The highest BCUT2D eigenvalue weighted by Gasteiger charge is 2.47. The van der Waals surface area contributed by atoms with Gasteiger partial charge in [-0.15, -0.1) is 0 Å². The Kier molecular flexibility index (Phi) is 5.97. The SMILES string of the molecule is C[C@H]1CN(c2ncccc2Cl)C[C@H](C)N1C(=O)C1=NOC2(CCC(C(C)(C)C)CC2)C1. The van der Waals surface area contributed by atoms with Crippen LogP contribution in [0.3, 0.4) is 0 Å².